The lowest BCUT2D eigenvalue weighted by atomic mass is 10.1. The van der Waals surface area contributed by atoms with Crippen LogP contribution in [0, 0.1) is 17.2 Å². The van der Waals surface area contributed by atoms with Gasteiger partial charge in [-0.1, -0.05) is 6.08 Å². The molecule has 4 nitrogen and oxygen atoms in total. The number of nitriles is 1. The summed E-state index contributed by atoms with van der Waals surface area (Å²) in [5.74, 6) is 1.10. The summed E-state index contributed by atoms with van der Waals surface area (Å²) in [5, 5.41) is 9.07. The number of rotatable bonds is 2. The van der Waals surface area contributed by atoms with Crippen molar-refractivity contribution in [2.75, 3.05) is 11.4 Å². The van der Waals surface area contributed by atoms with Crippen LogP contribution in [0.15, 0.2) is 24.9 Å². The number of hydrogen-bond acceptors (Lipinski definition) is 2. The normalized spacial score (nSPS) is 19.6. The highest BCUT2D eigenvalue weighted by molar-refractivity contribution is 5.95. The Morgan fingerprint density at radius 2 is 2.21 bits per heavy atom. The van der Waals surface area contributed by atoms with Gasteiger partial charge < -0.3 is 4.57 Å². The smallest absolute Gasteiger partial charge is 0.228 e. The maximum Gasteiger partial charge on any atom is 0.228 e. The van der Waals surface area contributed by atoms with Gasteiger partial charge in [0.2, 0.25) is 5.91 Å². The Kier molecular flexibility index (Phi) is 3.23. The standard InChI is InChI=1S/C15H19N3O/c1-5-11-7-14(19)17(9-11)13-6-12(8-16)10-18(13)15(2,3)4/h5-6,10-11H,1,7,9H2,2-4H3. The second kappa shape index (κ2) is 4.58. The predicted molar refractivity (Wildman–Crippen MR) is 74.8 cm³/mol. The summed E-state index contributed by atoms with van der Waals surface area (Å²) in [4.78, 5) is 13.9. The van der Waals surface area contributed by atoms with Gasteiger partial charge in [-0.05, 0) is 26.8 Å². The molecule has 1 unspecified atom stereocenters. The fourth-order valence-corrected chi connectivity index (χ4v) is 2.37. The topological polar surface area (TPSA) is 49.0 Å². The molecule has 0 aromatic carbocycles. The Bertz CT molecular complexity index is 557. The lowest BCUT2D eigenvalue weighted by Gasteiger charge is -2.28. The largest absolute Gasteiger partial charge is 0.328 e. The minimum Gasteiger partial charge on any atom is -0.328 e. The van der Waals surface area contributed by atoms with Gasteiger partial charge in [0, 0.05) is 30.6 Å². The van der Waals surface area contributed by atoms with E-state index in [1.807, 2.05) is 16.8 Å². The summed E-state index contributed by atoms with van der Waals surface area (Å²) in [6.07, 6.45) is 4.14. The van der Waals surface area contributed by atoms with Gasteiger partial charge in [-0.25, -0.2) is 0 Å². The quantitative estimate of drug-likeness (QED) is 0.765. The SMILES string of the molecule is C=CC1CC(=O)N(c2cc(C#N)cn2C(C)(C)C)C1. The van der Waals surface area contributed by atoms with Crippen molar-refractivity contribution >= 4 is 11.7 Å². The molecule has 0 radical (unpaired) electrons. The molecule has 2 heterocycles. The number of nitrogens with zero attached hydrogens (tertiary/aromatic N) is 3. The van der Waals surface area contributed by atoms with Crippen LogP contribution in [0.1, 0.15) is 32.8 Å². The molecule has 1 aromatic rings. The molecule has 1 atom stereocenters. The lowest BCUT2D eigenvalue weighted by Crippen LogP contribution is -2.31. The van der Waals surface area contributed by atoms with Crippen molar-refractivity contribution < 1.29 is 4.79 Å². The van der Waals surface area contributed by atoms with E-state index in [0.717, 1.165) is 5.82 Å². The second-order valence-corrected chi connectivity index (χ2v) is 5.94. The van der Waals surface area contributed by atoms with Crippen molar-refractivity contribution in [2.24, 2.45) is 5.92 Å². The zero-order chi connectivity index (χ0) is 14.2. The first-order valence-corrected chi connectivity index (χ1v) is 6.42. The van der Waals surface area contributed by atoms with Gasteiger partial charge in [-0.15, -0.1) is 6.58 Å². The van der Waals surface area contributed by atoms with Gasteiger partial charge in [0.25, 0.3) is 0 Å². The number of carbonyl (C=O) groups excluding carboxylic acids is 1. The molecule has 2 rings (SSSR count). The zero-order valence-electron chi connectivity index (χ0n) is 11.7. The van der Waals surface area contributed by atoms with E-state index in [1.54, 1.807) is 11.0 Å². The first-order valence-electron chi connectivity index (χ1n) is 6.42. The first-order chi connectivity index (χ1) is 8.86. The van der Waals surface area contributed by atoms with Crippen LogP contribution in [0.2, 0.25) is 0 Å². The number of carbonyl (C=O) groups is 1. The van der Waals surface area contributed by atoms with Crippen molar-refractivity contribution in [1.29, 1.82) is 5.26 Å². The molecule has 19 heavy (non-hydrogen) atoms. The summed E-state index contributed by atoms with van der Waals surface area (Å²) < 4.78 is 1.99. The molecule has 1 aliphatic heterocycles. The molecule has 1 saturated heterocycles. The molecule has 0 saturated carbocycles. The predicted octanol–water partition coefficient (Wildman–Crippen LogP) is 2.65. The summed E-state index contributed by atoms with van der Waals surface area (Å²) >= 11 is 0. The summed E-state index contributed by atoms with van der Waals surface area (Å²) in [7, 11) is 0. The monoisotopic (exact) mass is 257 g/mol. The van der Waals surface area contributed by atoms with E-state index >= 15 is 0 Å². The van der Waals surface area contributed by atoms with Gasteiger partial charge in [0.05, 0.1) is 5.56 Å². The van der Waals surface area contributed by atoms with Gasteiger partial charge in [0.15, 0.2) is 0 Å². The van der Waals surface area contributed by atoms with Crippen LogP contribution in [-0.2, 0) is 10.3 Å². The Morgan fingerprint density at radius 3 is 2.68 bits per heavy atom. The maximum absolute atomic E-state index is 12.1. The lowest BCUT2D eigenvalue weighted by molar-refractivity contribution is -0.117. The molecule has 1 fully saturated rings. The Hall–Kier alpha value is -2.02. The van der Waals surface area contributed by atoms with E-state index in [-0.39, 0.29) is 17.4 Å². The van der Waals surface area contributed by atoms with Crippen LogP contribution in [0.4, 0.5) is 5.82 Å². The van der Waals surface area contributed by atoms with E-state index < -0.39 is 0 Å². The highest BCUT2D eigenvalue weighted by Crippen LogP contribution is 2.31. The van der Waals surface area contributed by atoms with E-state index in [9.17, 15) is 4.79 Å². The van der Waals surface area contributed by atoms with Crippen LogP contribution < -0.4 is 4.90 Å². The molecule has 1 amide bonds. The van der Waals surface area contributed by atoms with E-state index in [4.69, 9.17) is 5.26 Å². The van der Waals surface area contributed by atoms with Gasteiger partial charge in [-0.2, -0.15) is 5.26 Å². The molecular weight excluding hydrogens is 238 g/mol. The molecule has 0 spiro atoms. The van der Waals surface area contributed by atoms with Crippen molar-refractivity contribution in [3.63, 3.8) is 0 Å². The van der Waals surface area contributed by atoms with Gasteiger partial charge in [0.1, 0.15) is 11.9 Å². The number of aromatic nitrogens is 1. The molecular formula is C15H19N3O. The minimum absolute atomic E-state index is 0.0954. The number of amides is 1. The van der Waals surface area contributed by atoms with Crippen LogP contribution in [0.3, 0.4) is 0 Å². The summed E-state index contributed by atoms with van der Waals surface area (Å²) in [6, 6.07) is 3.93. The Labute approximate surface area is 113 Å². The van der Waals surface area contributed by atoms with Crippen LogP contribution in [-0.4, -0.2) is 17.0 Å². The van der Waals surface area contributed by atoms with Crippen molar-refractivity contribution in [3.05, 3.63) is 30.5 Å². The van der Waals surface area contributed by atoms with Crippen LogP contribution in [0.5, 0.6) is 0 Å². The molecule has 100 valence electrons. The zero-order valence-corrected chi connectivity index (χ0v) is 11.7. The average molecular weight is 257 g/mol. The third kappa shape index (κ3) is 2.41. The third-order valence-electron chi connectivity index (χ3n) is 3.42. The maximum atomic E-state index is 12.1. The van der Waals surface area contributed by atoms with E-state index in [2.05, 4.69) is 33.4 Å². The van der Waals surface area contributed by atoms with Gasteiger partial charge >= 0.3 is 0 Å². The fourth-order valence-electron chi connectivity index (χ4n) is 2.37. The molecule has 0 bridgehead atoms. The first kappa shape index (κ1) is 13.4. The molecule has 0 N–H and O–H groups in total. The highest BCUT2D eigenvalue weighted by atomic mass is 16.2. The number of hydrogen-bond donors (Lipinski definition) is 0. The van der Waals surface area contributed by atoms with E-state index in [0.29, 0.717) is 18.5 Å². The molecule has 1 aromatic heterocycles. The second-order valence-electron chi connectivity index (χ2n) is 5.94. The highest BCUT2D eigenvalue weighted by Gasteiger charge is 2.32. The van der Waals surface area contributed by atoms with Crippen molar-refractivity contribution in [3.8, 4) is 6.07 Å². The van der Waals surface area contributed by atoms with Crippen molar-refractivity contribution in [1.82, 2.24) is 4.57 Å². The molecule has 0 aliphatic carbocycles. The fraction of sp³-hybridized carbons (Fsp3) is 0.467. The van der Waals surface area contributed by atoms with Gasteiger partial charge in [-0.3, -0.25) is 9.69 Å². The number of anilines is 1. The van der Waals surface area contributed by atoms with Crippen molar-refractivity contribution in [2.45, 2.75) is 32.7 Å². The Balaban J connectivity index is 2.45. The summed E-state index contributed by atoms with van der Waals surface area (Å²) in [5.41, 5.74) is 0.413. The van der Waals surface area contributed by atoms with Crippen LogP contribution >= 0.6 is 0 Å². The molecule has 1 aliphatic rings. The summed E-state index contributed by atoms with van der Waals surface area (Å²) in [6.45, 7) is 10.6. The van der Waals surface area contributed by atoms with Crippen LogP contribution in [0.25, 0.3) is 0 Å². The van der Waals surface area contributed by atoms with E-state index in [1.165, 1.54) is 0 Å². The minimum atomic E-state index is -0.170. The Morgan fingerprint density at radius 1 is 1.53 bits per heavy atom. The third-order valence-corrected chi connectivity index (χ3v) is 3.42. The average Bonchev–Trinajstić information content (AvgIpc) is 2.91. The molecule has 4 heteroatoms.